The molecule has 1 aromatic rings. The van der Waals surface area contributed by atoms with Gasteiger partial charge in [-0.2, -0.15) is 0 Å². The number of rotatable bonds is 5. The van der Waals surface area contributed by atoms with Gasteiger partial charge in [0.25, 0.3) is 0 Å². The molecule has 0 aliphatic carbocycles. The first kappa shape index (κ1) is 16.4. The molecule has 0 saturated heterocycles. The lowest BCUT2D eigenvalue weighted by atomic mass is 10.3. The molecule has 2 aliphatic heterocycles. The Morgan fingerprint density at radius 3 is 2.61 bits per heavy atom. The lowest BCUT2D eigenvalue weighted by molar-refractivity contribution is 0.618. The first-order chi connectivity index (χ1) is 11.1. The molecule has 2 N–H and O–H groups in total. The summed E-state index contributed by atoms with van der Waals surface area (Å²) in [5.41, 5.74) is 6.55. The number of aryl methyl sites for hydroxylation is 1. The number of nitrogens with zero attached hydrogens (tertiary/aromatic N) is 4. The van der Waals surface area contributed by atoms with Crippen molar-refractivity contribution < 1.29 is 0 Å². The fourth-order valence-corrected chi connectivity index (χ4v) is 3.67. The van der Waals surface area contributed by atoms with Gasteiger partial charge in [-0.05, 0) is 36.4 Å². The third-order valence-corrected chi connectivity index (χ3v) is 4.54. The van der Waals surface area contributed by atoms with Gasteiger partial charge in [0.15, 0.2) is 22.5 Å². The van der Waals surface area contributed by atoms with Crippen LogP contribution in [0.4, 0.5) is 5.82 Å². The number of aromatic nitrogens is 4. The highest BCUT2D eigenvalue weighted by Gasteiger charge is 2.19. The van der Waals surface area contributed by atoms with Crippen LogP contribution in [0.25, 0.3) is 11.5 Å². The Morgan fingerprint density at radius 1 is 1.17 bits per heavy atom. The van der Waals surface area contributed by atoms with E-state index in [9.17, 15) is 0 Å². The van der Waals surface area contributed by atoms with Crippen molar-refractivity contribution in [2.75, 3.05) is 5.73 Å². The summed E-state index contributed by atoms with van der Waals surface area (Å²) in [6.07, 6.45) is 3.85. The number of hydrogen-bond acceptors (Lipinski definition) is 5. The molecule has 0 aromatic heterocycles. The first-order valence-corrected chi connectivity index (χ1v) is 8.76. The summed E-state index contributed by atoms with van der Waals surface area (Å²) in [5, 5.41) is 1.76. The second-order valence-corrected chi connectivity index (χ2v) is 6.98. The number of fused-ring (bicyclic) bond motifs is 1. The fourth-order valence-electron chi connectivity index (χ4n) is 2.16. The summed E-state index contributed by atoms with van der Waals surface area (Å²) in [6, 6.07) is 5.34. The van der Waals surface area contributed by atoms with Gasteiger partial charge in [0.1, 0.15) is 0 Å². The van der Waals surface area contributed by atoms with Crippen LogP contribution < -0.4 is 5.73 Å². The minimum absolute atomic E-state index is 0.385. The van der Waals surface area contributed by atoms with Gasteiger partial charge in [-0.25, -0.2) is 15.0 Å². The smallest absolute Gasteiger partial charge is 0.195 e. The van der Waals surface area contributed by atoms with Gasteiger partial charge < -0.3 is 10.3 Å². The van der Waals surface area contributed by atoms with E-state index in [1.165, 1.54) is 11.8 Å². The van der Waals surface area contributed by atoms with E-state index in [2.05, 4.69) is 21.9 Å². The Bertz CT molecular complexity index is 785. The molecule has 0 saturated carbocycles. The second-order valence-electron chi connectivity index (χ2n) is 5.06. The minimum atomic E-state index is 0.385. The molecule has 5 nitrogen and oxygen atoms in total. The molecule has 0 amide bonds. The molecule has 0 radical (unpaired) electrons. The summed E-state index contributed by atoms with van der Waals surface area (Å²) in [7, 11) is 0. The molecule has 1 aromatic carbocycles. The summed E-state index contributed by atoms with van der Waals surface area (Å²) in [5.74, 6) is 1.14. The van der Waals surface area contributed by atoms with E-state index in [1.807, 2.05) is 16.7 Å². The van der Waals surface area contributed by atoms with Gasteiger partial charge >= 0.3 is 0 Å². The first-order valence-electron chi connectivity index (χ1n) is 7.19. The average Bonchev–Trinajstić information content (AvgIpc) is 2.90. The quantitative estimate of drug-likeness (QED) is 0.712. The van der Waals surface area contributed by atoms with Crippen LogP contribution >= 0.6 is 35.0 Å². The van der Waals surface area contributed by atoms with Crippen LogP contribution in [0.3, 0.4) is 0 Å². The lowest BCUT2D eigenvalue weighted by Crippen LogP contribution is -2.08. The van der Waals surface area contributed by atoms with Crippen LogP contribution in [0, 0.1) is 0 Å². The average molecular weight is 368 g/mol. The van der Waals surface area contributed by atoms with Gasteiger partial charge in [0.05, 0.1) is 6.33 Å². The number of hydrogen-bond donors (Lipinski definition) is 1. The number of anilines is 1. The summed E-state index contributed by atoms with van der Waals surface area (Å²) < 4.78 is 1.98. The monoisotopic (exact) mass is 367 g/mol. The zero-order chi connectivity index (χ0) is 16.4. The molecular weight excluding hydrogens is 353 g/mol. The summed E-state index contributed by atoms with van der Waals surface area (Å²) in [6.45, 7) is 2.98. The van der Waals surface area contributed by atoms with Crippen molar-refractivity contribution in [3.8, 4) is 11.5 Å². The number of nitrogens with two attached hydrogens (primary N) is 1. The maximum atomic E-state index is 6.03. The number of imidazole rings is 1. The van der Waals surface area contributed by atoms with E-state index < -0.39 is 0 Å². The molecule has 120 valence electrons. The zero-order valence-electron chi connectivity index (χ0n) is 12.5. The van der Waals surface area contributed by atoms with E-state index in [0.717, 1.165) is 30.1 Å². The standard InChI is InChI=1S/C15H15Cl2N5S/c1-2-3-4-22-8-19-13(18)12-14(22)21-15(20-12)23-11-6-9(16)5-10(17)7-11/h5-8H,2-4,18H2,1H3. The van der Waals surface area contributed by atoms with E-state index in [-0.39, 0.29) is 0 Å². The van der Waals surface area contributed by atoms with Crippen molar-refractivity contribution in [1.82, 2.24) is 19.5 Å². The number of nitrogen functional groups attached to an aromatic ring is 1. The third-order valence-electron chi connectivity index (χ3n) is 3.27. The van der Waals surface area contributed by atoms with Gasteiger partial charge in [-0.3, -0.25) is 0 Å². The van der Waals surface area contributed by atoms with Crippen LogP contribution in [0.2, 0.25) is 10.0 Å². The third kappa shape index (κ3) is 3.71. The Kier molecular flexibility index (Phi) is 4.94. The van der Waals surface area contributed by atoms with Crippen molar-refractivity contribution >= 4 is 40.8 Å². The Balaban J connectivity index is 1.95. The van der Waals surface area contributed by atoms with Crippen LogP contribution in [-0.2, 0) is 6.54 Å². The largest absolute Gasteiger partial charge is 0.382 e. The van der Waals surface area contributed by atoms with Gasteiger partial charge in [0.2, 0.25) is 0 Å². The minimum Gasteiger partial charge on any atom is -0.382 e. The second kappa shape index (κ2) is 6.95. The van der Waals surface area contributed by atoms with Gasteiger partial charge in [0, 0.05) is 21.5 Å². The normalized spacial score (nSPS) is 11.3. The maximum absolute atomic E-state index is 6.03. The van der Waals surface area contributed by atoms with E-state index in [4.69, 9.17) is 28.9 Å². The topological polar surface area (TPSA) is 69.6 Å². The Morgan fingerprint density at radius 2 is 1.91 bits per heavy atom. The van der Waals surface area contributed by atoms with E-state index in [1.54, 1.807) is 12.4 Å². The van der Waals surface area contributed by atoms with Crippen molar-refractivity contribution in [2.24, 2.45) is 0 Å². The van der Waals surface area contributed by atoms with Gasteiger partial charge in [-0.15, -0.1) is 0 Å². The summed E-state index contributed by atoms with van der Waals surface area (Å²) >= 11 is 13.5. The van der Waals surface area contributed by atoms with Crippen LogP contribution in [-0.4, -0.2) is 19.5 Å². The van der Waals surface area contributed by atoms with Crippen LogP contribution in [0.15, 0.2) is 34.6 Å². The fraction of sp³-hybridized carbons (Fsp3) is 0.267. The Hall–Kier alpha value is -1.50. The lowest BCUT2D eigenvalue weighted by Gasteiger charge is -2.09. The Labute approximate surface area is 148 Å². The molecule has 0 bridgehead atoms. The molecule has 0 unspecified atom stereocenters. The SMILES string of the molecule is CCCCn1cnc(N)c2nc(Sc3cc(Cl)cc(Cl)c3)nc1-2. The molecule has 0 spiro atoms. The molecule has 2 aliphatic rings. The predicted molar refractivity (Wildman–Crippen MR) is 94.3 cm³/mol. The van der Waals surface area contributed by atoms with Crippen LogP contribution in [0.1, 0.15) is 19.8 Å². The predicted octanol–water partition coefficient (Wildman–Crippen LogP) is 4.62. The number of unbranched alkanes of at least 4 members (excludes halogenated alkanes) is 1. The van der Waals surface area contributed by atoms with Crippen molar-refractivity contribution in [3.63, 3.8) is 0 Å². The van der Waals surface area contributed by atoms with Gasteiger partial charge in [-0.1, -0.05) is 36.5 Å². The molecule has 23 heavy (non-hydrogen) atoms. The van der Waals surface area contributed by atoms with Crippen molar-refractivity contribution in [1.29, 1.82) is 0 Å². The maximum Gasteiger partial charge on any atom is 0.195 e. The molecular formula is C15H15Cl2N5S. The highest BCUT2D eigenvalue weighted by atomic mass is 35.5. The highest BCUT2D eigenvalue weighted by molar-refractivity contribution is 7.99. The molecule has 8 heteroatoms. The van der Waals surface area contributed by atoms with Crippen molar-refractivity contribution in [3.05, 3.63) is 34.6 Å². The van der Waals surface area contributed by atoms with E-state index in [0.29, 0.717) is 26.7 Å². The van der Waals surface area contributed by atoms with Crippen LogP contribution in [0.5, 0.6) is 0 Å². The van der Waals surface area contributed by atoms with Crippen molar-refractivity contribution in [2.45, 2.75) is 36.4 Å². The molecule has 3 rings (SSSR count). The zero-order valence-corrected chi connectivity index (χ0v) is 14.8. The molecule has 0 atom stereocenters. The molecule has 2 heterocycles. The summed E-state index contributed by atoms with van der Waals surface area (Å²) in [4.78, 5) is 14.2. The number of benzene rings is 1. The van der Waals surface area contributed by atoms with E-state index >= 15 is 0 Å². The number of halogens is 2. The molecule has 0 fully saturated rings. The highest BCUT2D eigenvalue weighted by Crippen LogP contribution is 2.34.